The molecule has 1 rings (SSSR count). The quantitative estimate of drug-likeness (QED) is 0.710. The molecule has 0 amide bonds. The maximum Gasteiger partial charge on any atom is 0.0316 e. The number of pyridine rings is 1. The van der Waals surface area contributed by atoms with E-state index >= 15 is 0 Å². The van der Waals surface area contributed by atoms with Gasteiger partial charge in [0.25, 0.3) is 0 Å². The Hall–Kier alpha value is -0.890. The van der Waals surface area contributed by atoms with Gasteiger partial charge in [-0.3, -0.25) is 4.98 Å². The summed E-state index contributed by atoms with van der Waals surface area (Å²) in [7, 11) is 1.98. The Labute approximate surface area is 67.7 Å². The standard InChI is InChI=1S/C9H14N2/c1-3-9(10-2)8-4-6-11-7-5-8/h4-7,9-10H,3H2,1-2H3/t9-/m0/s1. The number of hydrogen-bond donors (Lipinski definition) is 1. The van der Waals surface area contributed by atoms with Crippen LogP contribution in [0.2, 0.25) is 0 Å². The summed E-state index contributed by atoms with van der Waals surface area (Å²) in [5, 5.41) is 3.24. The highest BCUT2D eigenvalue weighted by molar-refractivity contribution is 5.14. The normalized spacial score (nSPS) is 12.9. The van der Waals surface area contributed by atoms with Crippen molar-refractivity contribution in [1.29, 1.82) is 0 Å². The second-order valence-electron chi connectivity index (χ2n) is 2.53. The van der Waals surface area contributed by atoms with Crippen molar-refractivity contribution in [3.63, 3.8) is 0 Å². The zero-order chi connectivity index (χ0) is 8.10. The van der Waals surface area contributed by atoms with E-state index in [9.17, 15) is 0 Å². The molecule has 1 heterocycles. The largest absolute Gasteiger partial charge is 0.313 e. The predicted octanol–water partition coefficient (Wildman–Crippen LogP) is 1.75. The Morgan fingerprint density at radius 1 is 1.45 bits per heavy atom. The molecule has 0 radical (unpaired) electrons. The van der Waals surface area contributed by atoms with E-state index in [-0.39, 0.29) is 0 Å². The minimum absolute atomic E-state index is 0.470. The summed E-state index contributed by atoms with van der Waals surface area (Å²) in [5.41, 5.74) is 1.31. The molecule has 0 fully saturated rings. The molecule has 1 N–H and O–H groups in total. The monoisotopic (exact) mass is 150 g/mol. The summed E-state index contributed by atoms with van der Waals surface area (Å²) < 4.78 is 0. The van der Waals surface area contributed by atoms with Gasteiger partial charge < -0.3 is 5.32 Å². The van der Waals surface area contributed by atoms with Crippen LogP contribution >= 0.6 is 0 Å². The Morgan fingerprint density at radius 2 is 2.09 bits per heavy atom. The molecule has 0 aliphatic carbocycles. The molecule has 60 valence electrons. The van der Waals surface area contributed by atoms with Crippen molar-refractivity contribution in [2.45, 2.75) is 19.4 Å². The van der Waals surface area contributed by atoms with Crippen LogP contribution < -0.4 is 5.32 Å². The van der Waals surface area contributed by atoms with Gasteiger partial charge in [-0.15, -0.1) is 0 Å². The van der Waals surface area contributed by atoms with Gasteiger partial charge in [-0.25, -0.2) is 0 Å². The molecule has 0 aliphatic heterocycles. The third-order valence-electron chi connectivity index (χ3n) is 1.87. The lowest BCUT2D eigenvalue weighted by Gasteiger charge is -2.12. The van der Waals surface area contributed by atoms with Crippen LogP contribution in [0, 0.1) is 0 Å². The SMILES string of the molecule is CC[C@H](NC)c1ccncc1. The molecule has 0 aromatic carbocycles. The molecule has 0 saturated carbocycles. The van der Waals surface area contributed by atoms with Crippen LogP contribution in [0.5, 0.6) is 0 Å². The fourth-order valence-electron chi connectivity index (χ4n) is 1.20. The highest BCUT2D eigenvalue weighted by atomic mass is 14.9. The van der Waals surface area contributed by atoms with E-state index in [1.807, 2.05) is 31.6 Å². The molecule has 1 aromatic heterocycles. The highest BCUT2D eigenvalue weighted by Gasteiger charge is 2.03. The minimum Gasteiger partial charge on any atom is -0.313 e. The number of nitrogens with zero attached hydrogens (tertiary/aromatic N) is 1. The maximum absolute atomic E-state index is 3.97. The van der Waals surface area contributed by atoms with Gasteiger partial charge in [0, 0.05) is 18.4 Å². The van der Waals surface area contributed by atoms with Gasteiger partial charge in [0.2, 0.25) is 0 Å². The lowest BCUT2D eigenvalue weighted by atomic mass is 10.1. The van der Waals surface area contributed by atoms with Gasteiger partial charge in [0.1, 0.15) is 0 Å². The maximum atomic E-state index is 3.97. The van der Waals surface area contributed by atoms with Crippen molar-refractivity contribution in [3.8, 4) is 0 Å². The average Bonchev–Trinajstić information content (AvgIpc) is 2.09. The molecule has 2 nitrogen and oxygen atoms in total. The molecule has 11 heavy (non-hydrogen) atoms. The number of rotatable bonds is 3. The number of nitrogens with one attached hydrogen (secondary N) is 1. The smallest absolute Gasteiger partial charge is 0.0316 e. The molecule has 2 heteroatoms. The van der Waals surface area contributed by atoms with Crippen LogP contribution in [-0.4, -0.2) is 12.0 Å². The van der Waals surface area contributed by atoms with Gasteiger partial charge in [0.05, 0.1) is 0 Å². The average molecular weight is 150 g/mol. The summed E-state index contributed by atoms with van der Waals surface area (Å²) >= 11 is 0. The van der Waals surface area contributed by atoms with Gasteiger partial charge in [-0.1, -0.05) is 6.92 Å². The van der Waals surface area contributed by atoms with Crippen molar-refractivity contribution in [3.05, 3.63) is 30.1 Å². The zero-order valence-electron chi connectivity index (χ0n) is 7.04. The molecule has 0 aliphatic rings. The fraction of sp³-hybridized carbons (Fsp3) is 0.444. The Morgan fingerprint density at radius 3 is 2.55 bits per heavy atom. The van der Waals surface area contributed by atoms with Crippen LogP contribution in [0.25, 0.3) is 0 Å². The van der Waals surface area contributed by atoms with E-state index < -0.39 is 0 Å². The van der Waals surface area contributed by atoms with Crippen LogP contribution in [0.3, 0.4) is 0 Å². The predicted molar refractivity (Wildman–Crippen MR) is 46.3 cm³/mol. The first-order valence-electron chi connectivity index (χ1n) is 3.95. The second kappa shape index (κ2) is 4.09. The van der Waals surface area contributed by atoms with Gasteiger partial charge in [-0.05, 0) is 31.2 Å². The Kier molecular flexibility index (Phi) is 3.05. The van der Waals surface area contributed by atoms with Gasteiger partial charge in [0.15, 0.2) is 0 Å². The van der Waals surface area contributed by atoms with Crippen molar-refractivity contribution in [2.75, 3.05) is 7.05 Å². The summed E-state index contributed by atoms with van der Waals surface area (Å²) in [6.45, 7) is 2.17. The number of hydrogen-bond acceptors (Lipinski definition) is 2. The van der Waals surface area contributed by atoms with Crippen molar-refractivity contribution in [1.82, 2.24) is 10.3 Å². The first-order valence-corrected chi connectivity index (χ1v) is 3.95. The summed E-state index contributed by atoms with van der Waals surface area (Å²) in [6.07, 6.45) is 4.77. The van der Waals surface area contributed by atoms with Crippen molar-refractivity contribution < 1.29 is 0 Å². The van der Waals surface area contributed by atoms with E-state index in [4.69, 9.17) is 0 Å². The third-order valence-corrected chi connectivity index (χ3v) is 1.87. The van der Waals surface area contributed by atoms with Crippen LogP contribution in [0.15, 0.2) is 24.5 Å². The summed E-state index contributed by atoms with van der Waals surface area (Å²) in [4.78, 5) is 3.97. The Bertz CT molecular complexity index is 192. The molecule has 0 saturated heterocycles. The lowest BCUT2D eigenvalue weighted by molar-refractivity contribution is 0.576. The van der Waals surface area contributed by atoms with Crippen molar-refractivity contribution >= 4 is 0 Å². The molecule has 0 spiro atoms. The van der Waals surface area contributed by atoms with Gasteiger partial charge >= 0.3 is 0 Å². The first-order chi connectivity index (χ1) is 5.38. The van der Waals surface area contributed by atoms with E-state index in [1.54, 1.807) is 0 Å². The molecule has 1 aromatic rings. The third kappa shape index (κ3) is 2.02. The van der Waals surface area contributed by atoms with Crippen LogP contribution in [-0.2, 0) is 0 Å². The highest BCUT2D eigenvalue weighted by Crippen LogP contribution is 2.13. The zero-order valence-corrected chi connectivity index (χ0v) is 7.04. The van der Waals surface area contributed by atoms with E-state index in [2.05, 4.69) is 17.2 Å². The number of aromatic nitrogens is 1. The molecular weight excluding hydrogens is 136 g/mol. The van der Waals surface area contributed by atoms with Crippen molar-refractivity contribution in [2.24, 2.45) is 0 Å². The van der Waals surface area contributed by atoms with Crippen LogP contribution in [0.4, 0.5) is 0 Å². The first kappa shape index (κ1) is 8.21. The lowest BCUT2D eigenvalue weighted by Crippen LogP contribution is -2.14. The van der Waals surface area contributed by atoms with E-state index in [0.717, 1.165) is 6.42 Å². The van der Waals surface area contributed by atoms with E-state index in [0.29, 0.717) is 6.04 Å². The Balaban J connectivity index is 2.74. The molecule has 1 atom stereocenters. The molecular formula is C9H14N2. The molecule has 0 bridgehead atoms. The van der Waals surface area contributed by atoms with E-state index in [1.165, 1.54) is 5.56 Å². The van der Waals surface area contributed by atoms with Crippen LogP contribution in [0.1, 0.15) is 24.9 Å². The minimum atomic E-state index is 0.470. The molecule has 0 unspecified atom stereocenters. The second-order valence-corrected chi connectivity index (χ2v) is 2.53. The fourth-order valence-corrected chi connectivity index (χ4v) is 1.20. The summed E-state index contributed by atoms with van der Waals surface area (Å²) in [6, 6.07) is 4.56. The summed E-state index contributed by atoms with van der Waals surface area (Å²) in [5.74, 6) is 0. The van der Waals surface area contributed by atoms with Gasteiger partial charge in [-0.2, -0.15) is 0 Å². The topological polar surface area (TPSA) is 24.9 Å².